The van der Waals surface area contributed by atoms with Crippen LogP contribution in [0.3, 0.4) is 0 Å². The fourth-order valence-electron chi connectivity index (χ4n) is 2.06. The molecule has 1 fully saturated rings. The molecule has 1 saturated heterocycles. The van der Waals surface area contributed by atoms with Crippen LogP contribution in [0.25, 0.3) is 0 Å². The van der Waals surface area contributed by atoms with E-state index in [1.165, 1.54) is 6.42 Å². The minimum atomic E-state index is -0.341. The van der Waals surface area contributed by atoms with Crippen molar-refractivity contribution >= 4 is 17.0 Å². The molecule has 0 spiro atoms. The van der Waals surface area contributed by atoms with Gasteiger partial charge in [-0.1, -0.05) is 12.2 Å². The van der Waals surface area contributed by atoms with E-state index in [1.54, 1.807) is 4.90 Å². The number of hydrogen-bond acceptors (Lipinski definition) is 1. The van der Waals surface area contributed by atoms with Gasteiger partial charge >= 0.3 is 5.37 Å². The zero-order chi connectivity index (χ0) is 9.26. The molecule has 2 aliphatic rings. The maximum absolute atomic E-state index is 11.1. The van der Waals surface area contributed by atoms with Gasteiger partial charge in [0.25, 0.3) is 0 Å². The second-order valence-corrected chi connectivity index (χ2v) is 3.82. The number of carbonyl (C=O) groups is 1. The predicted octanol–water partition coefficient (Wildman–Crippen LogP) is 2.90. The van der Waals surface area contributed by atoms with Gasteiger partial charge in [0, 0.05) is 18.2 Å². The number of hydrogen-bond donors (Lipinski definition) is 0. The van der Waals surface area contributed by atoms with E-state index in [9.17, 15) is 4.79 Å². The van der Waals surface area contributed by atoms with E-state index in [-0.39, 0.29) is 5.37 Å². The van der Waals surface area contributed by atoms with Crippen LogP contribution in [0.2, 0.25) is 0 Å². The molecule has 0 bridgehead atoms. The number of fused-ring (bicyclic) bond motifs is 1. The van der Waals surface area contributed by atoms with Crippen LogP contribution in [-0.2, 0) is 0 Å². The van der Waals surface area contributed by atoms with Crippen molar-refractivity contribution in [2.24, 2.45) is 5.92 Å². The van der Waals surface area contributed by atoms with Crippen molar-refractivity contribution in [2.75, 3.05) is 6.54 Å². The van der Waals surface area contributed by atoms with Crippen molar-refractivity contribution in [1.82, 2.24) is 4.90 Å². The molecule has 0 N–H and O–H groups in total. The first kappa shape index (κ1) is 8.82. The first-order valence-corrected chi connectivity index (χ1v) is 5.00. The van der Waals surface area contributed by atoms with Gasteiger partial charge in [0.2, 0.25) is 0 Å². The molecule has 1 atom stereocenters. The highest BCUT2D eigenvalue weighted by molar-refractivity contribution is 6.63. The van der Waals surface area contributed by atoms with E-state index in [0.717, 1.165) is 25.1 Å². The zero-order valence-corrected chi connectivity index (χ0v) is 8.13. The third-order valence-electron chi connectivity index (χ3n) is 2.70. The average Bonchev–Trinajstić information content (AvgIpc) is 2.17. The van der Waals surface area contributed by atoms with E-state index in [2.05, 4.69) is 6.08 Å². The molecule has 1 amide bonds. The summed E-state index contributed by atoms with van der Waals surface area (Å²) in [6, 6.07) is 0. The van der Waals surface area contributed by atoms with Crippen molar-refractivity contribution in [1.29, 1.82) is 0 Å². The molecular formula is C10H12ClNO. The van der Waals surface area contributed by atoms with Crippen LogP contribution in [0.1, 0.15) is 19.3 Å². The highest BCUT2D eigenvalue weighted by Crippen LogP contribution is 2.32. The summed E-state index contributed by atoms with van der Waals surface area (Å²) in [5.41, 5.74) is 1.11. The average molecular weight is 198 g/mol. The quantitative estimate of drug-likeness (QED) is 0.432. The minimum Gasteiger partial charge on any atom is -0.302 e. The van der Waals surface area contributed by atoms with Gasteiger partial charge < -0.3 is 4.90 Å². The van der Waals surface area contributed by atoms with Crippen molar-refractivity contribution in [3.8, 4) is 0 Å². The summed E-state index contributed by atoms with van der Waals surface area (Å²) in [5, 5.41) is -0.341. The Labute approximate surface area is 82.9 Å². The Morgan fingerprint density at radius 3 is 3.23 bits per heavy atom. The third kappa shape index (κ3) is 1.63. The van der Waals surface area contributed by atoms with Gasteiger partial charge in [-0.3, -0.25) is 4.79 Å². The SMILES string of the molecule is O=C(Cl)N1CCCC2CC=CC=C21. The van der Waals surface area contributed by atoms with Crippen LogP contribution in [0.5, 0.6) is 0 Å². The number of nitrogens with zero attached hydrogens (tertiary/aromatic N) is 1. The first-order chi connectivity index (χ1) is 6.29. The maximum Gasteiger partial charge on any atom is 0.320 e. The van der Waals surface area contributed by atoms with Crippen LogP contribution < -0.4 is 0 Å². The van der Waals surface area contributed by atoms with Gasteiger partial charge in [0.15, 0.2) is 0 Å². The van der Waals surface area contributed by atoms with Crippen molar-refractivity contribution < 1.29 is 4.79 Å². The second-order valence-electron chi connectivity index (χ2n) is 3.50. The Hall–Kier alpha value is -0.760. The van der Waals surface area contributed by atoms with Gasteiger partial charge in [-0.25, -0.2) is 0 Å². The molecule has 1 aliphatic heterocycles. The molecule has 0 aromatic carbocycles. The highest BCUT2D eigenvalue weighted by Gasteiger charge is 2.27. The van der Waals surface area contributed by atoms with E-state index >= 15 is 0 Å². The summed E-state index contributed by atoms with van der Waals surface area (Å²) in [6.07, 6.45) is 9.45. The van der Waals surface area contributed by atoms with E-state index in [4.69, 9.17) is 11.6 Å². The second kappa shape index (κ2) is 3.54. The van der Waals surface area contributed by atoms with Crippen molar-refractivity contribution in [2.45, 2.75) is 19.3 Å². The largest absolute Gasteiger partial charge is 0.320 e. The number of allylic oxidation sites excluding steroid dienone is 4. The van der Waals surface area contributed by atoms with Crippen LogP contribution >= 0.6 is 11.6 Å². The summed E-state index contributed by atoms with van der Waals surface area (Å²) in [4.78, 5) is 12.8. The monoisotopic (exact) mass is 197 g/mol. The third-order valence-corrected chi connectivity index (χ3v) is 2.90. The Kier molecular flexibility index (Phi) is 2.40. The lowest BCUT2D eigenvalue weighted by Crippen LogP contribution is -2.35. The number of halogens is 1. The number of carbonyl (C=O) groups excluding carboxylic acids is 1. The lowest BCUT2D eigenvalue weighted by Gasteiger charge is -2.35. The molecule has 0 aromatic rings. The molecular weight excluding hydrogens is 186 g/mol. The summed E-state index contributed by atoms with van der Waals surface area (Å²) in [7, 11) is 0. The summed E-state index contributed by atoms with van der Waals surface area (Å²) in [5.74, 6) is 0.515. The normalized spacial score (nSPS) is 26.7. The van der Waals surface area contributed by atoms with Gasteiger partial charge in [-0.05, 0) is 36.9 Å². The molecule has 2 nitrogen and oxygen atoms in total. The van der Waals surface area contributed by atoms with E-state index in [0.29, 0.717) is 5.92 Å². The molecule has 1 unspecified atom stereocenters. The highest BCUT2D eigenvalue weighted by atomic mass is 35.5. The standard InChI is InChI=1S/C10H12ClNO/c11-10(13)12-7-3-5-8-4-1-2-6-9(8)12/h1-2,6,8H,3-5,7H2. The number of piperidine rings is 1. The molecule has 2 rings (SSSR count). The Bertz CT molecular complexity index is 283. The zero-order valence-electron chi connectivity index (χ0n) is 7.37. The number of rotatable bonds is 0. The fraction of sp³-hybridized carbons (Fsp3) is 0.500. The summed E-state index contributed by atoms with van der Waals surface area (Å²) >= 11 is 5.50. The van der Waals surface area contributed by atoms with Gasteiger partial charge in [0.1, 0.15) is 0 Å². The van der Waals surface area contributed by atoms with E-state index < -0.39 is 0 Å². The van der Waals surface area contributed by atoms with Crippen molar-refractivity contribution in [3.05, 3.63) is 23.9 Å². The lowest BCUT2D eigenvalue weighted by atomic mass is 9.88. The van der Waals surface area contributed by atoms with Crippen LogP contribution in [0.15, 0.2) is 23.9 Å². The molecule has 1 aliphatic carbocycles. The first-order valence-electron chi connectivity index (χ1n) is 4.63. The molecule has 0 aromatic heterocycles. The van der Waals surface area contributed by atoms with Crippen molar-refractivity contribution in [3.63, 3.8) is 0 Å². The molecule has 13 heavy (non-hydrogen) atoms. The Morgan fingerprint density at radius 1 is 1.62 bits per heavy atom. The summed E-state index contributed by atoms with van der Waals surface area (Å²) in [6.45, 7) is 0.776. The minimum absolute atomic E-state index is 0.341. The van der Waals surface area contributed by atoms with Crippen LogP contribution in [0.4, 0.5) is 4.79 Å². The van der Waals surface area contributed by atoms with Crippen LogP contribution in [-0.4, -0.2) is 16.8 Å². The topological polar surface area (TPSA) is 20.3 Å². The fourth-order valence-corrected chi connectivity index (χ4v) is 2.24. The number of likely N-dealkylation sites (tertiary alicyclic amines) is 1. The summed E-state index contributed by atoms with van der Waals surface area (Å²) < 4.78 is 0. The van der Waals surface area contributed by atoms with Crippen LogP contribution in [0, 0.1) is 5.92 Å². The predicted molar refractivity (Wildman–Crippen MR) is 52.5 cm³/mol. The Balaban J connectivity index is 2.24. The van der Waals surface area contributed by atoms with Gasteiger partial charge in [-0.15, -0.1) is 0 Å². The van der Waals surface area contributed by atoms with Gasteiger partial charge in [-0.2, -0.15) is 0 Å². The molecule has 1 heterocycles. The molecule has 70 valence electrons. The maximum atomic E-state index is 11.1. The Morgan fingerprint density at radius 2 is 2.46 bits per heavy atom. The molecule has 3 heteroatoms. The van der Waals surface area contributed by atoms with Gasteiger partial charge in [0.05, 0.1) is 0 Å². The van der Waals surface area contributed by atoms with E-state index in [1.807, 2.05) is 12.2 Å². The number of amides is 1. The lowest BCUT2D eigenvalue weighted by molar-refractivity contribution is 0.215. The molecule has 0 radical (unpaired) electrons. The smallest absolute Gasteiger partial charge is 0.302 e. The molecule has 0 saturated carbocycles.